The molecule has 0 atom stereocenters. The van der Waals surface area contributed by atoms with Crippen molar-refractivity contribution in [2.75, 3.05) is 10.0 Å². The number of hydrogen-bond donors (Lipinski definition) is 2. The Morgan fingerprint density at radius 2 is 1.48 bits per heavy atom. The number of hydrogen-bond acceptors (Lipinski definition) is 3. The van der Waals surface area contributed by atoms with Crippen LogP contribution in [-0.4, -0.2) is 14.3 Å². The van der Waals surface area contributed by atoms with Crippen LogP contribution >= 0.6 is 0 Å². The molecule has 0 spiro atoms. The van der Waals surface area contributed by atoms with Gasteiger partial charge in [-0.3, -0.25) is 9.52 Å². The highest BCUT2D eigenvalue weighted by Crippen LogP contribution is 2.19. The second-order valence-corrected chi connectivity index (χ2v) is 7.95. The van der Waals surface area contributed by atoms with E-state index < -0.39 is 26.6 Å². The van der Waals surface area contributed by atoms with Gasteiger partial charge in [0, 0.05) is 16.9 Å². The lowest BCUT2D eigenvalue weighted by Crippen LogP contribution is -2.14. The Kier molecular flexibility index (Phi) is 5.93. The molecule has 5 nitrogen and oxygen atoms in total. The predicted octanol–water partition coefficient (Wildman–Crippen LogP) is 4.58. The molecule has 29 heavy (non-hydrogen) atoms. The first-order valence-electron chi connectivity index (χ1n) is 8.77. The van der Waals surface area contributed by atoms with Crippen LogP contribution in [0.2, 0.25) is 0 Å². The van der Waals surface area contributed by atoms with Gasteiger partial charge in [-0.25, -0.2) is 17.2 Å². The molecule has 0 fully saturated rings. The molecule has 0 saturated carbocycles. The number of aryl methyl sites for hydroxylation is 1. The zero-order chi connectivity index (χ0) is 21.0. The molecule has 0 saturated heterocycles. The highest BCUT2D eigenvalue weighted by Gasteiger charge is 2.17. The van der Waals surface area contributed by atoms with E-state index in [9.17, 15) is 22.0 Å². The Morgan fingerprint density at radius 3 is 2.07 bits per heavy atom. The van der Waals surface area contributed by atoms with Crippen LogP contribution in [0.4, 0.5) is 20.2 Å². The zero-order valence-electron chi connectivity index (χ0n) is 15.4. The molecule has 3 aromatic rings. The molecule has 0 unspecified atom stereocenters. The number of sulfonamides is 1. The van der Waals surface area contributed by atoms with E-state index in [1.807, 2.05) is 19.1 Å². The number of carbonyl (C=O) groups excluding carboxylic acids is 1. The summed E-state index contributed by atoms with van der Waals surface area (Å²) in [5.41, 5.74) is 2.31. The largest absolute Gasteiger partial charge is 0.322 e. The summed E-state index contributed by atoms with van der Waals surface area (Å²) in [5, 5.41) is 2.76. The first-order valence-corrected chi connectivity index (χ1v) is 10.2. The van der Waals surface area contributed by atoms with Gasteiger partial charge in [-0.15, -0.1) is 0 Å². The van der Waals surface area contributed by atoms with Crippen LogP contribution in [0.3, 0.4) is 0 Å². The fourth-order valence-electron chi connectivity index (χ4n) is 2.57. The van der Waals surface area contributed by atoms with Crippen molar-refractivity contribution >= 4 is 27.3 Å². The van der Waals surface area contributed by atoms with Crippen LogP contribution in [0.1, 0.15) is 22.8 Å². The molecule has 1 amide bonds. The third kappa shape index (κ3) is 4.97. The molecular formula is C21H18F2N2O3S. The lowest BCUT2D eigenvalue weighted by molar-refractivity contribution is 0.102. The zero-order valence-corrected chi connectivity index (χ0v) is 16.3. The standard InChI is InChI=1S/C21H18F2N2O3S/c1-2-14-3-7-16(8-4-14)24-21(26)15-5-9-17(10-6-15)25-29(27,28)18-11-12-19(22)20(23)13-18/h3-13,25H,2H2,1H3,(H,24,26). The summed E-state index contributed by atoms with van der Waals surface area (Å²) >= 11 is 0. The van der Waals surface area contributed by atoms with E-state index in [1.54, 1.807) is 12.1 Å². The van der Waals surface area contributed by atoms with Crippen molar-refractivity contribution in [1.29, 1.82) is 0 Å². The van der Waals surface area contributed by atoms with E-state index in [0.29, 0.717) is 17.3 Å². The minimum Gasteiger partial charge on any atom is -0.322 e. The highest BCUT2D eigenvalue weighted by atomic mass is 32.2. The smallest absolute Gasteiger partial charge is 0.261 e. The molecule has 3 aromatic carbocycles. The second-order valence-electron chi connectivity index (χ2n) is 6.26. The SMILES string of the molecule is CCc1ccc(NC(=O)c2ccc(NS(=O)(=O)c3ccc(F)c(F)c3)cc2)cc1. The van der Waals surface area contributed by atoms with Crippen LogP contribution < -0.4 is 10.0 Å². The van der Waals surface area contributed by atoms with E-state index in [0.717, 1.165) is 24.1 Å². The number of amides is 1. The van der Waals surface area contributed by atoms with Crippen molar-refractivity contribution in [3.05, 3.63) is 89.5 Å². The van der Waals surface area contributed by atoms with Gasteiger partial charge in [-0.1, -0.05) is 19.1 Å². The van der Waals surface area contributed by atoms with Gasteiger partial charge < -0.3 is 5.32 Å². The van der Waals surface area contributed by atoms with Gasteiger partial charge in [-0.05, 0) is 66.6 Å². The maximum absolute atomic E-state index is 13.3. The molecular weight excluding hydrogens is 398 g/mol. The van der Waals surface area contributed by atoms with Crippen molar-refractivity contribution in [2.45, 2.75) is 18.2 Å². The summed E-state index contributed by atoms with van der Waals surface area (Å²) in [6.45, 7) is 2.04. The van der Waals surface area contributed by atoms with Crippen molar-refractivity contribution in [2.24, 2.45) is 0 Å². The molecule has 3 rings (SSSR count). The molecule has 0 radical (unpaired) electrons. The minimum atomic E-state index is -4.10. The maximum Gasteiger partial charge on any atom is 0.261 e. The molecule has 2 N–H and O–H groups in total. The summed E-state index contributed by atoms with van der Waals surface area (Å²) < 4.78 is 53.2. The number of benzene rings is 3. The topological polar surface area (TPSA) is 75.3 Å². The summed E-state index contributed by atoms with van der Waals surface area (Å²) in [6.07, 6.45) is 0.899. The Hall–Kier alpha value is -3.26. The van der Waals surface area contributed by atoms with Gasteiger partial charge >= 0.3 is 0 Å². The number of halogens is 2. The van der Waals surface area contributed by atoms with Gasteiger partial charge in [0.25, 0.3) is 15.9 Å². The summed E-state index contributed by atoms with van der Waals surface area (Å²) in [5.74, 6) is -2.74. The van der Waals surface area contributed by atoms with E-state index in [4.69, 9.17) is 0 Å². The van der Waals surface area contributed by atoms with Gasteiger partial charge in [0.15, 0.2) is 11.6 Å². The number of nitrogens with one attached hydrogen (secondary N) is 2. The number of anilines is 2. The molecule has 0 bridgehead atoms. The summed E-state index contributed by atoms with van der Waals surface area (Å²) in [4.78, 5) is 11.9. The van der Waals surface area contributed by atoms with Gasteiger partial charge in [0.2, 0.25) is 0 Å². The Labute approximate surface area is 167 Å². The Balaban J connectivity index is 1.70. The van der Waals surface area contributed by atoms with Crippen LogP contribution in [-0.2, 0) is 16.4 Å². The molecule has 0 aliphatic heterocycles. The van der Waals surface area contributed by atoms with E-state index >= 15 is 0 Å². The fourth-order valence-corrected chi connectivity index (χ4v) is 3.64. The quantitative estimate of drug-likeness (QED) is 0.618. The van der Waals surface area contributed by atoms with Crippen molar-refractivity contribution in [1.82, 2.24) is 0 Å². The van der Waals surface area contributed by atoms with Gasteiger partial charge in [-0.2, -0.15) is 0 Å². The van der Waals surface area contributed by atoms with E-state index in [1.165, 1.54) is 24.3 Å². The Morgan fingerprint density at radius 1 is 0.862 bits per heavy atom. The molecule has 0 aromatic heterocycles. The second kappa shape index (κ2) is 8.40. The minimum absolute atomic E-state index is 0.179. The number of carbonyl (C=O) groups is 1. The van der Waals surface area contributed by atoms with Crippen LogP contribution in [0, 0.1) is 11.6 Å². The maximum atomic E-state index is 13.3. The monoisotopic (exact) mass is 416 g/mol. The average Bonchev–Trinajstić information content (AvgIpc) is 2.70. The third-order valence-corrected chi connectivity index (χ3v) is 5.60. The van der Waals surface area contributed by atoms with Crippen LogP contribution in [0.5, 0.6) is 0 Å². The van der Waals surface area contributed by atoms with E-state index in [2.05, 4.69) is 10.0 Å². The highest BCUT2D eigenvalue weighted by molar-refractivity contribution is 7.92. The molecule has 150 valence electrons. The molecule has 0 aliphatic carbocycles. The molecule has 0 aliphatic rings. The first kappa shape index (κ1) is 20.5. The Bertz CT molecular complexity index is 1130. The average molecular weight is 416 g/mol. The normalized spacial score (nSPS) is 11.1. The fraction of sp³-hybridized carbons (Fsp3) is 0.0952. The van der Waals surface area contributed by atoms with Crippen LogP contribution in [0.25, 0.3) is 0 Å². The van der Waals surface area contributed by atoms with Crippen LogP contribution in [0.15, 0.2) is 71.6 Å². The summed E-state index contributed by atoms with van der Waals surface area (Å²) in [7, 11) is -4.10. The first-order chi connectivity index (χ1) is 13.8. The lowest BCUT2D eigenvalue weighted by atomic mass is 10.1. The van der Waals surface area contributed by atoms with Gasteiger partial charge in [0.1, 0.15) is 0 Å². The third-order valence-electron chi connectivity index (χ3n) is 4.22. The predicted molar refractivity (Wildman–Crippen MR) is 107 cm³/mol. The van der Waals surface area contributed by atoms with Crippen molar-refractivity contribution < 1.29 is 22.0 Å². The van der Waals surface area contributed by atoms with Gasteiger partial charge in [0.05, 0.1) is 4.90 Å². The summed E-state index contributed by atoms with van der Waals surface area (Å²) in [6, 6.07) is 15.5. The van der Waals surface area contributed by atoms with E-state index in [-0.39, 0.29) is 11.6 Å². The molecule has 8 heteroatoms. The van der Waals surface area contributed by atoms with Crippen molar-refractivity contribution in [3.63, 3.8) is 0 Å². The lowest BCUT2D eigenvalue weighted by Gasteiger charge is -2.10. The molecule has 0 heterocycles. The van der Waals surface area contributed by atoms with Crippen molar-refractivity contribution in [3.8, 4) is 0 Å². The number of rotatable bonds is 6.